The Morgan fingerprint density at radius 2 is 0.516 bits per heavy atom. The average Bonchev–Trinajstić information content (AvgIpc) is 1.63. The quantitative estimate of drug-likeness (QED) is 0.0527. The zero-order valence-corrected chi connectivity index (χ0v) is 83.1. The molecular formula is C100H116N8O12Pt4-4. The third kappa shape index (κ3) is 29.9. The summed E-state index contributed by atoms with van der Waals surface area (Å²) in [5.41, 5.74) is 20.4. The van der Waals surface area contributed by atoms with Crippen LogP contribution in [-0.2, 0) is 84.3 Å². The van der Waals surface area contributed by atoms with E-state index >= 15 is 0 Å². The molecule has 124 heavy (non-hydrogen) atoms. The van der Waals surface area contributed by atoms with Crippen LogP contribution in [0.5, 0.6) is 0 Å². The Kier molecular flexibility index (Phi) is 41.2. The van der Waals surface area contributed by atoms with Crippen LogP contribution in [0.4, 0.5) is 0 Å². The van der Waals surface area contributed by atoms with Crippen molar-refractivity contribution < 1.29 is 143 Å². The van der Waals surface area contributed by atoms with Crippen LogP contribution in [0.25, 0.3) is 133 Å². The van der Waals surface area contributed by atoms with Crippen LogP contribution in [0.2, 0.25) is 0 Å². The number of benzene rings is 8. The van der Waals surface area contributed by atoms with Crippen LogP contribution in [0, 0.1) is 73.6 Å². The van der Waals surface area contributed by atoms with Gasteiger partial charge < -0.3 is 58.5 Å². The number of rotatable bonds is 12. The number of fused-ring (bicyclic) bond motifs is 12. The average molecular weight is 2400 g/mol. The summed E-state index contributed by atoms with van der Waals surface area (Å²) in [5.74, 6) is 0. The summed E-state index contributed by atoms with van der Waals surface area (Å²) < 4.78 is 23.7. The Bertz CT molecular complexity index is 5500. The monoisotopic (exact) mass is 2400 g/mol. The van der Waals surface area contributed by atoms with Gasteiger partial charge in [-0.05, 0) is 111 Å². The number of furan rings is 4. The van der Waals surface area contributed by atoms with Crippen LogP contribution >= 0.6 is 0 Å². The minimum Gasteiger partial charge on any atom is -0.462 e. The Morgan fingerprint density at radius 1 is 0.290 bits per heavy atom. The van der Waals surface area contributed by atoms with Gasteiger partial charge in [-0.2, -0.15) is 0 Å². The van der Waals surface area contributed by atoms with Crippen molar-refractivity contribution in [2.75, 3.05) is 0 Å². The maximum Gasteiger partial charge on any atom is 0.138 e. The minimum atomic E-state index is -0.443. The van der Waals surface area contributed by atoms with Gasteiger partial charge in [-0.3, -0.25) is 19.9 Å². The normalized spacial score (nSPS) is 13.3. The van der Waals surface area contributed by atoms with Crippen molar-refractivity contribution in [2.24, 2.45) is 21.7 Å². The van der Waals surface area contributed by atoms with Gasteiger partial charge in [0, 0.05) is 141 Å². The van der Waals surface area contributed by atoms with Crippen molar-refractivity contribution in [3.8, 4) is 45.0 Å². The van der Waals surface area contributed by atoms with E-state index in [2.05, 4.69) is 102 Å². The van der Waals surface area contributed by atoms with E-state index in [-0.39, 0.29) is 130 Å². The van der Waals surface area contributed by atoms with E-state index in [4.69, 9.17) is 38.1 Å². The van der Waals surface area contributed by atoms with Crippen molar-refractivity contribution in [3.63, 3.8) is 0 Å². The fraction of sp³-hybridized carbons (Fsp3) is 0.360. The zero-order chi connectivity index (χ0) is 87.6. The molecule has 24 heteroatoms. The second-order valence-corrected chi connectivity index (χ2v) is 34.9. The van der Waals surface area contributed by atoms with Gasteiger partial charge >= 0.3 is 0 Å². The molecule has 8 unspecified atom stereocenters. The first-order valence-corrected chi connectivity index (χ1v) is 40.6. The SMILES string of the molecule is CC(C)(C)C(O)CC(O)C(C)(C)C.CC(C)(C)C(O)CC(O)C(C)(C)C.CC(O)CC(C)O.CC(O)CC(C)O.Cc1[c-]c(-c2ncnc3c2oc2ccccc23)cc(C)c1.Cc1[c-]c(-c2ncnc3c2oc2ccccc23)cc(C)c1.[Pt].[Pt].[Pt].[Pt].[c-]1ccccc1-c1ncnc2c1oc1ccccc12.[c-]1ccccc1-c1ncnc2c1oc1ccccc12. The van der Waals surface area contributed by atoms with E-state index < -0.39 is 24.4 Å². The Balaban J connectivity index is 0.000000257. The molecule has 0 aliphatic carbocycles. The van der Waals surface area contributed by atoms with Gasteiger partial charge in [-0.25, -0.2) is 19.9 Å². The summed E-state index contributed by atoms with van der Waals surface area (Å²) >= 11 is 0. The molecule has 0 bridgehead atoms. The van der Waals surface area contributed by atoms with Crippen molar-refractivity contribution in [1.82, 2.24) is 39.9 Å². The molecule has 0 fully saturated rings. The number of hydrogen-bond donors (Lipinski definition) is 8. The third-order valence-electron chi connectivity index (χ3n) is 19.6. The maximum atomic E-state index is 9.76. The predicted molar refractivity (Wildman–Crippen MR) is 480 cm³/mol. The van der Waals surface area contributed by atoms with E-state index in [0.29, 0.717) is 36.8 Å². The van der Waals surface area contributed by atoms with Gasteiger partial charge in [0.15, 0.2) is 0 Å². The number of hydrogen-bond acceptors (Lipinski definition) is 20. The molecule has 8 heterocycles. The van der Waals surface area contributed by atoms with Crippen LogP contribution < -0.4 is 0 Å². The van der Waals surface area contributed by atoms with Crippen molar-refractivity contribution in [1.29, 1.82) is 0 Å². The van der Waals surface area contributed by atoms with Gasteiger partial charge in [-0.1, -0.05) is 159 Å². The Labute approximate surface area is 785 Å². The number of nitrogens with zero attached hydrogens (tertiary/aromatic N) is 8. The zero-order valence-electron chi connectivity index (χ0n) is 74.0. The van der Waals surface area contributed by atoms with Gasteiger partial charge in [0.25, 0.3) is 0 Å². The van der Waals surface area contributed by atoms with Crippen LogP contribution in [0.15, 0.2) is 213 Å². The van der Waals surface area contributed by atoms with Gasteiger partial charge in [0.1, 0.15) is 92.0 Å². The molecule has 0 amide bonds. The summed E-state index contributed by atoms with van der Waals surface area (Å²) in [6.07, 6.45) is 4.89. The fourth-order valence-corrected chi connectivity index (χ4v) is 12.8. The largest absolute Gasteiger partial charge is 0.462 e. The standard InChI is InChI=1S/2C18H13N2O.2C16H9N2O.2C11H24O2.2C5H12O2.4Pt/c2*1-11-7-12(2)9-13(8-11)16-18-17(20-10-19-16)14-5-3-4-6-15(14)21-18;2*1-2-6-11(7-3-1)14-16-15(18-10-17-14)12-8-4-5-9-13(12)19-16;2*1-10(2,3)8(12)7-9(13)11(4,5)6;2*1-4(6)3-5(2)7;;;;/h2*3-8,10H,1-2H3;2*1-6,8-10H;2*8-9,12-13H,7H2,1-6H3;2*4-7H,3H2,1-2H3;;;;/q4*-1;;;;;;;;. The molecule has 0 aliphatic heterocycles. The Hall–Kier alpha value is -8.29. The van der Waals surface area contributed by atoms with Crippen LogP contribution in [0.3, 0.4) is 0 Å². The molecule has 8 N–H and O–H groups in total. The molecular weight excluding hydrogens is 2290 g/mol. The summed E-state index contributed by atoms with van der Waals surface area (Å²) in [5, 5.41) is 77.3. The minimum absolute atomic E-state index is 0. The maximum absolute atomic E-state index is 9.76. The first kappa shape index (κ1) is 106. The summed E-state index contributed by atoms with van der Waals surface area (Å²) in [6, 6.07) is 68.4. The molecule has 0 radical (unpaired) electrons. The number of para-hydroxylation sites is 4. The van der Waals surface area contributed by atoms with Crippen molar-refractivity contribution in [2.45, 2.75) is 213 Å². The van der Waals surface area contributed by atoms with E-state index in [0.717, 1.165) is 133 Å². The van der Waals surface area contributed by atoms with Crippen LogP contribution in [-0.4, -0.2) is 130 Å². The topological polar surface area (TPSA) is 318 Å². The number of aromatic nitrogens is 8. The van der Waals surface area contributed by atoms with Gasteiger partial charge in [0.2, 0.25) is 0 Å². The molecule has 0 spiro atoms. The first-order valence-electron chi connectivity index (χ1n) is 40.6. The number of aliphatic hydroxyl groups excluding tert-OH is 8. The van der Waals surface area contributed by atoms with E-state index in [1.807, 2.05) is 243 Å². The molecule has 672 valence electrons. The molecule has 8 aromatic heterocycles. The van der Waals surface area contributed by atoms with E-state index in [9.17, 15) is 20.4 Å². The summed E-state index contributed by atoms with van der Waals surface area (Å²) in [6.45, 7) is 38.6. The molecule has 20 nitrogen and oxygen atoms in total. The van der Waals surface area contributed by atoms with E-state index in [1.165, 1.54) is 11.1 Å². The first-order chi connectivity index (χ1) is 56.7. The molecule has 16 rings (SSSR count). The number of aliphatic hydroxyl groups is 8. The van der Waals surface area contributed by atoms with Gasteiger partial charge in [-0.15, -0.1) is 142 Å². The summed E-state index contributed by atoms with van der Waals surface area (Å²) in [7, 11) is 0. The number of aryl methyl sites for hydroxylation is 4. The molecule has 0 saturated heterocycles. The molecule has 0 saturated carbocycles. The van der Waals surface area contributed by atoms with Crippen molar-refractivity contribution in [3.05, 3.63) is 242 Å². The predicted octanol–water partition coefficient (Wildman–Crippen LogP) is 21.3. The molecule has 0 aliphatic rings. The van der Waals surface area contributed by atoms with Crippen molar-refractivity contribution >= 4 is 88.3 Å². The smallest absolute Gasteiger partial charge is 0.138 e. The van der Waals surface area contributed by atoms with E-state index in [1.54, 1.807) is 53.0 Å². The van der Waals surface area contributed by atoms with Crippen LogP contribution in [0.1, 0.15) is 159 Å². The molecule has 8 aromatic carbocycles. The summed E-state index contributed by atoms with van der Waals surface area (Å²) in [4.78, 5) is 34.9. The molecule has 16 aromatic rings. The fourth-order valence-electron chi connectivity index (χ4n) is 12.8. The van der Waals surface area contributed by atoms with Gasteiger partial charge in [0.05, 0.1) is 48.8 Å². The second-order valence-electron chi connectivity index (χ2n) is 34.9. The Morgan fingerprint density at radius 3 is 0.718 bits per heavy atom. The molecule has 8 atom stereocenters. The second kappa shape index (κ2) is 48.0. The third-order valence-corrected chi connectivity index (χ3v) is 19.6.